The Morgan fingerprint density at radius 2 is 2.43 bits per heavy atom. The summed E-state index contributed by atoms with van der Waals surface area (Å²) in [5.41, 5.74) is 0.523. The van der Waals surface area contributed by atoms with E-state index < -0.39 is 0 Å². The van der Waals surface area contributed by atoms with Gasteiger partial charge in [0.15, 0.2) is 0 Å². The molecule has 0 aliphatic heterocycles. The molecule has 0 radical (unpaired) electrons. The number of fused-ring (bicyclic) bond motifs is 1. The third-order valence-electron chi connectivity index (χ3n) is 2.49. The fourth-order valence-corrected chi connectivity index (χ4v) is 1.40. The van der Waals surface area contributed by atoms with Crippen LogP contribution in [-0.2, 0) is 0 Å². The van der Waals surface area contributed by atoms with Gasteiger partial charge in [0.1, 0.15) is 0 Å². The molecular formula is C6H7N. The Bertz CT molecular complexity index is 156. The van der Waals surface area contributed by atoms with Crippen LogP contribution in [0.5, 0.6) is 0 Å². The Hall–Kier alpha value is -0.510. The highest BCUT2D eigenvalue weighted by molar-refractivity contribution is 5.29. The second-order valence-electron chi connectivity index (χ2n) is 2.92. The normalized spacial score (nSPS) is 62.9. The van der Waals surface area contributed by atoms with Gasteiger partial charge < -0.3 is 0 Å². The van der Waals surface area contributed by atoms with E-state index in [0.29, 0.717) is 11.3 Å². The molecule has 0 bridgehead atoms. The molecule has 0 N–H and O–H groups in total. The number of rotatable bonds is 0. The highest BCUT2D eigenvalue weighted by Gasteiger charge is 2.76. The van der Waals surface area contributed by atoms with Gasteiger partial charge in [-0.1, -0.05) is 6.92 Å². The summed E-state index contributed by atoms with van der Waals surface area (Å²) in [6, 6.07) is 2.28. The molecule has 3 unspecified atom stereocenters. The van der Waals surface area contributed by atoms with E-state index in [1.54, 1.807) is 0 Å². The Labute approximate surface area is 42.9 Å². The smallest absolute Gasteiger partial charge is 0.0664 e. The first-order chi connectivity index (χ1) is 3.29. The second-order valence-corrected chi connectivity index (χ2v) is 2.92. The quantitative estimate of drug-likeness (QED) is 0.441. The van der Waals surface area contributed by atoms with Crippen molar-refractivity contribution in [1.82, 2.24) is 0 Å². The topological polar surface area (TPSA) is 23.8 Å². The van der Waals surface area contributed by atoms with Crippen LogP contribution in [0.3, 0.4) is 0 Å². The Balaban J connectivity index is 2.18. The molecule has 0 aromatic rings. The van der Waals surface area contributed by atoms with Crippen LogP contribution in [0.2, 0.25) is 0 Å². The molecule has 0 aromatic carbocycles. The predicted octanol–water partition coefficient (Wildman–Crippen LogP) is 1.17. The van der Waals surface area contributed by atoms with E-state index in [-0.39, 0.29) is 0 Å². The maximum Gasteiger partial charge on any atom is 0.0664 e. The number of nitriles is 1. The summed E-state index contributed by atoms with van der Waals surface area (Å²) in [6.07, 6.45) is 1.32. The monoisotopic (exact) mass is 93.1 g/mol. The van der Waals surface area contributed by atoms with Crippen molar-refractivity contribution in [3.05, 3.63) is 0 Å². The van der Waals surface area contributed by atoms with Gasteiger partial charge >= 0.3 is 0 Å². The van der Waals surface area contributed by atoms with Crippen molar-refractivity contribution in [2.45, 2.75) is 13.3 Å². The second kappa shape index (κ2) is 0.608. The summed E-state index contributed by atoms with van der Waals surface area (Å²) in [5, 5.41) is 8.32. The van der Waals surface area contributed by atoms with Crippen LogP contribution in [0.4, 0.5) is 0 Å². The highest BCUT2D eigenvalue weighted by atomic mass is 14.8. The number of nitrogens with zero attached hydrogens (tertiary/aromatic N) is 1. The maximum absolute atomic E-state index is 8.32. The van der Waals surface area contributed by atoms with Gasteiger partial charge in [0.25, 0.3) is 0 Å². The molecule has 2 aliphatic rings. The summed E-state index contributed by atoms with van der Waals surface area (Å²) < 4.78 is 0. The third-order valence-corrected chi connectivity index (χ3v) is 2.49. The van der Waals surface area contributed by atoms with Crippen LogP contribution in [0.25, 0.3) is 0 Å². The molecule has 0 heterocycles. The van der Waals surface area contributed by atoms with Crippen LogP contribution in [0.1, 0.15) is 13.3 Å². The fraction of sp³-hybridized carbons (Fsp3) is 0.833. The zero-order chi connectivity index (χ0) is 5.07. The minimum Gasteiger partial charge on any atom is -0.198 e. The molecule has 0 aromatic heterocycles. The van der Waals surface area contributed by atoms with Gasteiger partial charge in [-0.3, -0.25) is 0 Å². The fourth-order valence-electron chi connectivity index (χ4n) is 1.40. The molecule has 2 fully saturated rings. The van der Waals surface area contributed by atoms with E-state index in [4.69, 9.17) is 5.26 Å². The molecule has 2 saturated carbocycles. The van der Waals surface area contributed by atoms with Crippen LogP contribution < -0.4 is 0 Å². The Kier molecular flexibility index (Phi) is 0.303. The lowest BCUT2D eigenvalue weighted by atomic mass is 10.1. The molecule has 0 saturated heterocycles. The number of hydrogen-bond acceptors (Lipinski definition) is 1. The standard InChI is InChI=1S/C6H7N/c1-6-2-4(6)5(6)3-7/h4-5H,2H2,1H3. The summed E-state index contributed by atoms with van der Waals surface area (Å²) >= 11 is 0. The molecule has 3 atom stereocenters. The molecule has 7 heavy (non-hydrogen) atoms. The summed E-state index contributed by atoms with van der Waals surface area (Å²) in [6.45, 7) is 2.20. The van der Waals surface area contributed by atoms with Gasteiger partial charge in [0.2, 0.25) is 0 Å². The first-order valence-electron chi connectivity index (χ1n) is 2.68. The third kappa shape index (κ3) is 0.196. The van der Waals surface area contributed by atoms with Crippen molar-refractivity contribution in [1.29, 1.82) is 5.26 Å². The minimum atomic E-state index is 0.451. The summed E-state index contributed by atoms with van der Waals surface area (Å²) in [5.74, 6) is 1.27. The molecule has 1 nitrogen and oxygen atoms in total. The van der Waals surface area contributed by atoms with Crippen molar-refractivity contribution in [2.24, 2.45) is 17.3 Å². The van der Waals surface area contributed by atoms with Gasteiger partial charge in [0, 0.05) is 0 Å². The summed E-state index contributed by atoms with van der Waals surface area (Å²) in [4.78, 5) is 0. The van der Waals surface area contributed by atoms with E-state index >= 15 is 0 Å². The van der Waals surface area contributed by atoms with Crippen molar-refractivity contribution in [2.75, 3.05) is 0 Å². The van der Waals surface area contributed by atoms with E-state index in [0.717, 1.165) is 5.92 Å². The largest absolute Gasteiger partial charge is 0.198 e. The van der Waals surface area contributed by atoms with Crippen LogP contribution in [-0.4, -0.2) is 0 Å². The van der Waals surface area contributed by atoms with Gasteiger partial charge in [-0.2, -0.15) is 5.26 Å². The van der Waals surface area contributed by atoms with Crippen LogP contribution in [0, 0.1) is 28.6 Å². The molecule has 0 spiro atoms. The van der Waals surface area contributed by atoms with E-state index in [1.807, 2.05) is 0 Å². The number of hydrogen-bond donors (Lipinski definition) is 0. The van der Waals surface area contributed by atoms with Gasteiger partial charge in [-0.15, -0.1) is 0 Å². The average molecular weight is 93.1 g/mol. The Morgan fingerprint density at radius 1 is 1.86 bits per heavy atom. The van der Waals surface area contributed by atoms with Crippen molar-refractivity contribution in [3.8, 4) is 6.07 Å². The Morgan fingerprint density at radius 3 is 2.43 bits per heavy atom. The molecule has 2 rings (SSSR count). The lowest BCUT2D eigenvalue weighted by molar-refractivity contribution is 0.621. The van der Waals surface area contributed by atoms with Crippen LogP contribution >= 0.6 is 0 Å². The lowest BCUT2D eigenvalue weighted by Gasteiger charge is -1.90. The molecule has 0 amide bonds. The lowest BCUT2D eigenvalue weighted by Crippen LogP contribution is -1.88. The van der Waals surface area contributed by atoms with E-state index in [1.165, 1.54) is 6.42 Å². The zero-order valence-electron chi connectivity index (χ0n) is 4.31. The van der Waals surface area contributed by atoms with Crippen LogP contribution in [0.15, 0.2) is 0 Å². The van der Waals surface area contributed by atoms with Gasteiger partial charge in [0.05, 0.1) is 12.0 Å². The van der Waals surface area contributed by atoms with Crippen molar-refractivity contribution < 1.29 is 0 Å². The highest BCUT2D eigenvalue weighted by Crippen LogP contribution is 2.79. The minimum absolute atomic E-state index is 0.451. The van der Waals surface area contributed by atoms with E-state index in [9.17, 15) is 0 Å². The first kappa shape index (κ1) is 3.49. The zero-order valence-corrected chi connectivity index (χ0v) is 4.31. The molecule has 36 valence electrons. The SMILES string of the molecule is CC12CC1C2C#N. The molecule has 2 aliphatic carbocycles. The molecular weight excluding hydrogens is 86.1 g/mol. The average Bonchev–Trinajstić information content (AvgIpc) is 2.28. The molecule has 1 heteroatoms. The van der Waals surface area contributed by atoms with Gasteiger partial charge in [-0.05, 0) is 17.8 Å². The van der Waals surface area contributed by atoms with Crippen molar-refractivity contribution >= 4 is 0 Å². The maximum atomic E-state index is 8.32. The van der Waals surface area contributed by atoms with E-state index in [2.05, 4.69) is 13.0 Å². The first-order valence-corrected chi connectivity index (χ1v) is 2.68. The van der Waals surface area contributed by atoms with Crippen molar-refractivity contribution in [3.63, 3.8) is 0 Å². The summed E-state index contributed by atoms with van der Waals surface area (Å²) in [7, 11) is 0. The van der Waals surface area contributed by atoms with Gasteiger partial charge in [-0.25, -0.2) is 0 Å². The predicted molar refractivity (Wildman–Crippen MR) is 25.3 cm³/mol.